The van der Waals surface area contributed by atoms with E-state index in [1.165, 1.54) is 16.9 Å². The van der Waals surface area contributed by atoms with Gasteiger partial charge in [-0.2, -0.15) is 5.10 Å². The Kier molecular flexibility index (Phi) is 6.88. The van der Waals surface area contributed by atoms with Crippen LogP contribution in [-0.2, 0) is 18.3 Å². The third-order valence-corrected chi connectivity index (χ3v) is 7.52. The van der Waals surface area contributed by atoms with Gasteiger partial charge in [0.25, 0.3) is 5.91 Å². The Labute approximate surface area is 207 Å². The molecule has 3 heterocycles. The molecule has 35 heavy (non-hydrogen) atoms. The SMILES string of the molecule is CN(c1ccccc1)c1ccc(CN2CCC3(CC[C@@H](CNC(=O)c4ccnn4C)O3)CC2)cc1. The Bertz CT molecular complexity index is 1120. The molecule has 2 saturated heterocycles. The Balaban J connectivity index is 1.08. The van der Waals surface area contributed by atoms with Crippen molar-refractivity contribution < 1.29 is 9.53 Å². The molecule has 2 fully saturated rings. The third-order valence-electron chi connectivity index (χ3n) is 7.52. The number of anilines is 2. The number of aryl methyl sites for hydroxylation is 1. The summed E-state index contributed by atoms with van der Waals surface area (Å²) in [6, 6.07) is 21.1. The number of para-hydroxylation sites is 1. The molecule has 2 aliphatic rings. The van der Waals surface area contributed by atoms with Gasteiger partial charge in [0.1, 0.15) is 5.69 Å². The van der Waals surface area contributed by atoms with Crippen molar-refractivity contribution in [2.75, 3.05) is 31.6 Å². The predicted molar refractivity (Wildman–Crippen MR) is 138 cm³/mol. The van der Waals surface area contributed by atoms with Gasteiger partial charge in [0.2, 0.25) is 0 Å². The predicted octanol–water partition coefficient (Wildman–Crippen LogP) is 4.13. The van der Waals surface area contributed by atoms with Gasteiger partial charge in [-0.25, -0.2) is 0 Å². The van der Waals surface area contributed by atoms with Crippen LogP contribution in [0.1, 0.15) is 41.7 Å². The summed E-state index contributed by atoms with van der Waals surface area (Å²) in [5, 5.41) is 7.08. The molecule has 1 aromatic heterocycles. The number of amides is 1. The maximum absolute atomic E-state index is 12.4. The number of nitrogens with zero attached hydrogens (tertiary/aromatic N) is 4. The van der Waals surface area contributed by atoms with Crippen molar-refractivity contribution in [3.63, 3.8) is 0 Å². The van der Waals surface area contributed by atoms with E-state index in [0.29, 0.717) is 12.2 Å². The highest BCUT2D eigenvalue weighted by Crippen LogP contribution is 2.39. The zero-order valence-electron chi connectivity index (χ0n) is 20.7. The van der Waals surface area contributed by atoms with Crippen LogP contribution in [-0.4, -0.2) is 59.0 Å². The number of carbonyl (C=O) groups excluding carboxylic acids is 1. The van der Waals surface area contributed by atoms with E-state index in [1.54, 1.807) is 24.0 Å². The van der Waals surface area contributed by atoms with Crippen molar-refractivity contribution in [1.82, 2.24) is 20.0 Å². The molecule has 7 heteroatoms. The van der Waals surface area contributed by atoms with Gasteiger partial charge in [0.15, 0.2) is 0 Å². The number of nitrogens with one attached hydrogen (secondary N) is 1. The van der Waals surface area contributed by atoms with Gasteiger partial charge in [-0.05, 0) is 61.6 Å². The Morgan fingerprint density at radius 3 is 2.46 bits per heavy atom. The highest BCUT2D eigenvalue weighted by molar-refractivity contribution is 5.92. The molecular formula is C28H35N5O2. The lowest BCUT2D eigenvalue weighted by molar-refractivity contribution is -0.0764. The maximum Gasteiger partial charge on any atom is 0.269 e. The average molecular weight is 474 g/mol. The van der Waals surface area contributed by atoms with E-state index in [1.807, 2.05) is 6.07 Å². The fourth-order valence-corrected chi connectivity index (χ4v) is 5.30. The van der Waals surface area contributed by atoms with Crippen LogP contribution >= 0.6 is 0 Å². The third kappa shape index (κ3) is 5.41. The summed E-state index contributed by atoms with van der Waals surface area (Å²) in [6.45, 7) is 3.61. The van der Waals surface area contributed by atoms with Crippen LogP contribution in [0.5, 0.6) is 0 Å². The van der Waals surface area contributed by atoms with E-state index in [0.717, 1.165) is 45.3 Å². The molecule has 0 bridgehead atoms. The molecule has 0 unspecified atom stereocenters. The molecule has 184 valence electrons. The summed E-state index contributed by atoms with van der Waals surface area (Å²) >= 11 is 0. The van der Waals surface area contributed by atoms with Gasteiger partial charge in [-0.1, -0.05) is 30.3 Å². The van der Waals surface area contributed by atoms with Crippen LogP contribution in [0.15, 0.2) is 66.9 Å². The second-order valence-electron chi connectivity index (χ2n) is 9.85. The van der Waals surface area contributed by atoms with Gasteiger partial charge in [0.05, 0.1) is 11.7 Å². The largest absolute Gasteiger partial charge is 0.370 e. The molecular weight excluding hydrogens is 438 g/mol. The number of likely N-dealkylation sites (tertiary alicyclic amines) is 1. The van der Waals surface area contributed by atoms with E-state index < -0.39 is 0 Å². The molecule has 2 aliphatic heterocycles. The van der Waals surface area contributed by atoms with Crippen molar-refractivity contribution in [2.24, 2.45) is 7.05 Å². The molecule has 0 radical (unpaired) electrons. The molecule has 0 saturated carbocycles. The number of aromatic nitrogens is 2. The molecule has 0 aliphatic carbocycles. The molecule has 1 atom stereocenters. The summed E-state index contributed by atoms with van der Waals surface area (Å²) in [7, 11) is 3.88. The fourth-order valence-electron chi connectivity index (χ4n) is 5.30. The van der Waals surface area contributed by atoms with Gasteiger partial charge in [-0.15, -0.1) is 0 Å². The second kappa shape index (κ2) is 10.2. The number of rotatable bonds is 7. The van der Waals surface area contributed by atoms with Gasteiger partial charge < -0.3 is 15.0 Å². The molecule has 7 nitrogen and oxygen atoms in total. The number of hydrogen-bond acceptors (Lipinski definition) is 5. The minimum absolute atomic E-state index is 0.0271. The molecule has 2 aromatic carbocycles. The van der Waals surface area contributed by atoms with Crippen molar-refractivity contribution in [3.8, 4) is 0 Å². The lowest BCUT2D eigenvalue weighted by atomic mass is 9.88. The van der Waals surface area contributed by atoms with E-state index >= 15 is 0 Å². The lowest BCUT2D eigenvalue weighted by Crippen LogP contribution is -2.44. The van der Waals surface area contributed by atoms with Crippen LogP contribution in [0.2, 0.25) is 0 Å². The van der Waals surface area contributed by atoms with Gasteiger partial charge in [-0.3, -0.25) is 14.4 Å². The number of carbonyl (C=O) groups is 1. The summed E-state index contributed by atoms with van der Waals surface area (Å²) in [4.78, 5) is 17.1. The number of benzene rings is 2. The van der Waals surface area contributed by atoms with E-state index in [2.05, 4.69) is 75.8 Å². The topological polar surface area (TPSA) is 62.6 Å². The summed E-state index contributed by atoms with van der Waals surface area (Å²) < 4.78 is 8.10. The smallest absolute Gasteiger partial charge is 0.269 e. The summed E-state index contributed by atoms with van der Waals surface area (Å²) in [5.74, 6) is -0.0923. The Morgan fingerprint density at radius 2 is 1.77 bits per heavy atom. The van der Waals surface area contributed by atoms with Crippen molar-refractivity contribution in [3.05, 3.63) is 78.1 Å². The number of piperidine rings is 1. The van der Waals surface area contributed by atoms with Crippen LogP contribution in [0, 0.1) is 0 Å². The van der Waals surface area contributed by atoms with Crippen LogP contribution in [0.4, 0.5) is 11.4 Å². The molecule has 1 spiro atoms. The Hall–Kier alpha value is -3.16. The minimum atomic E-state index is -0.0923. The zero-order valence-corrected chi connectivity index (χ0v) is 20.7. The monoisotopic (exact) mass is 473 g/mol. The zero-order chi connectivity index (χ0) is 24.3. The van der Waals surface area contributed by atoms with E-state index in [9.17, 15) is 4.79 Å². The van der Waals surface area contributed by atoms with Gasteiger partial charge >= 0.3 is 0 Å². The second-order valence-corrected chi connectivity index (χ2v) is 9.85. The molecule has 3 aromatic rings. The van der Waals surface area contributed by atoms with E-state index in [-0.39, 0.29) is 17.6 Å². The normalized spacial score (nSPS) is 19.7. The first-order chi connectivity index (χ1) is 17.0. The number of hydrogen-bond donors (Lipinski definition) is 1. The molecule has 5 rings (SSSR count). The van der Waals surface area contributed by atoms with Crippen molar-refractivity contribution in [2.45, 2.75) is 43.9 Å². The van der Waals surface area contributed by atoms with Crippen LogP contribution in [0.25, 0.3) is 0 Å². The lowest BCUT2D eigenvalue weighted by Gasteiger charge is -2.39. The Morgan fingerprint density at radius 1 is 1.06 bits per heavy atom. The molecule has 1 amide bonds. The number of ether oxygens (including phenoxy) is 1. The quantitative estimate of drug-likeness (QED) is 0.559. The summed E-state index contributed by atoms with van der Waals surface area (Å²) in [6.07, 6.45) is 5.91. The average Bonchev–Trinajstić information content (AvgIpc) is 3.51. The van der Waals surface area contributed by atoms with Crippen molar-refractivity contribution >= 4 is 17.3 Å². The van der Waals surface area contributed by atoms with Crippen molar-refractivity contribution in [1.29, 1.82) is 0 Å². The van der Waals surface area contributed by atoms with Crippen LogP contribution < -0.4 is 10.2 Å². The van der Waals surface area contributed by atoms with Gasteiger partial charge in [0, 0.05) is 57.8 Å². The first kappa shape index (κ1) is 23.6. The highest BCUT2D eigenvalue weighted by atomic mass is 16.5. The first-order valence-corrected chi connectivity index (χ1v) is 12.6. The fraction of sp³-hybridized carbons (Fsp3) is 0.429. The molecule has 1 N–H and O–H groups in total. The standard InChI is InChI=1S/C28H35N5O2/c1-31(23-6-4-3-5-7-23)24-10-8-22(9-11-24)21-33-18-15-28(16-19-33)14-12-25(35-28)20-29-27(34)26-13-17-30-32(26)2/h3-11,13,17,25H,12,14-16,18-21H2,1-2H3,(H,29,34)/t25-/m0/s1. The first-order valence-electron chi connectivity index (χ1n) is 12.6. The van der Waals surface area contributed by atoms with E-state index in [4.69, 9.17) is 4.74 Å². The highest BCUT2D eigenvalue weighted by Gasteiger charge is 2.42. The maximum atomic E-state index is 12.4. The van der Waals surface area contributed by atoms with Crippen LogP contribution in [0.3, 0.4) is 0 Å². The minimum Gasteiger partial charge on any atom is -0.370 e. The summed E-state index contributed by atoms with van der Waals surface area (Å²) in [5.41, 5.74) is 4.27.